The number of nitrogens with zero attached hydrogens (tertiary/aromatic N) is 1. The number of carbonyl (C=O) groups excluding carboxylic acids is 1. The summed E-state index contributed by atoms with van der Waals surface area (Å²) in [5, 5.41) is 2.92. The van der Waals surface area contributed by atoms with Crippen molar-refractivity contribution in [2.45, 2.75) is 64.7 Å². The van der Waals surface area contributed by atoms with Crippen molar-refractivity contribution in [3.63, 3.8) is 0 Å². The topological polar surface area (TPSA) is 45.5 Å². The van der Waals surface area contributed by atoms with Gasteiger partial charge in [-0.3, -0.25) is 4.79 Å². The fourth-order valence-electron chi connectivity index (χ4n) is 4.78. The third-order valence-electron chi connectivity index (χ3n) is 7.20. The highest BCUT2D eigenvalue weighted by Gasteiger charge is 2.37. The van der Waals surface area contributed by atoms with E-state index >= 15 is 0 Å². The van der Waals surface area contributed by atoms with Crippen molar-refractivity contribution in [3.8, 4) is 0 Å². The highest BCUT2D eigenvalue weighted by molar-refractivity contribution is 6.02. The maximum absolute atomic E-state index is 12.7. The van der Waals surface area contributed by atoms with Crippen LogP contribution in [0, 0.1) is 6.92 Å². The normalized spacial score (nSPS) is 16.2. The van der Waals surface area contributed by atoms with E-state index in [0.29, 0.717) is 12.2 Å². The number of fused-ring (bicyclic) bond motifs is 1. The van der Waals surface area contributed by atoms with Crippen LogP contribution in [0.15, 0.2) is 52.9 Å². The number of nitrogens with one attached hydrogen (secondary N) is 1. The largest absolute Gasteiger partial charge is 0.456 e. The van der Waals surface area contributed by atoms with Gasteiger partial charge in [0.1, 0.15) is 5.76 Å². The molecule has 4 heteroatoms. The van der Waals surface area contributed by atoms with E-state index in [-0.39, 0.29) is 16.7 Å². The van der Waals surface area contributed by atoms with Gasteiger partial charge in [-0.15, -0.1) is 0 Å². The molecule has 0 saturated carbocycles. The number of amides is 1. The Hall–Kier alpha value is -3.01. The van der Waals surface area contributed by atoms with E-state index in [4.69, 9.17) is 4.42 Å². The summed E-state index contributed by atoms with van der Waals surface area (Å²) in [7, 11) is 3.98. The molecule has 1 N–H and O–H groups in total. The molecule has 0 unspecified atom stereocenters. The Morgan fingerprint density at radius 3 is 2.15 bits per heavy atom. The molecule has 1 aromatic heterocycles. The predicted molar refractivity (Wildman–Crippen MR) is 137 cm³/mol. The number of furan rings is 1. The molecular formula is C29H36N2O2. The Labute approximate surface area is 198 Å². The zero-order chi connectivity index (χ0) is 24.0. The van der Waals surface area contributed by atoms with Crippen LogP contribution >= 0.6 is 0 Å². The van der Waals surface area contributed by atoms with E-state index in [2.05, 4.69) is 52.1 Å². The van der Waals surface area contributed by atoms with E-state index in [1.54, 1.807) is 6.07 Å². The van der Waals surface area contributed by atoms with Gasteiger partial charge in [0.15, 0.2) is 5.76 Å². The Morgan fingerprint density at radius 1 is 0.939 bits per heavy atom. The first kappa shape index (κ1) is 23.2. The van der Waals surface area contributed by atoms with Crippen LogP contribution in [0.5, 0.6) is 0 Å². The van der Waals surface area contributed by atoms with Crippen LogP contribution in [0.25, 0.3) is 0 Å². The van der Waals surface area contributed by atoms with E-state index < -0.39 is 0 Å². The SMILES string of the molecule is Cc1cc2c(cc1Cc1ccc(C(=O)Nc3ccc(N(C)C)cc3)o1)C(C)(C)CCC2(C)C. The van der Waals surface area contributed by atoms with E-state index in [1.807, 2.05) is 49.3 Å². The summed E-state index contributed by atoms with van der Waals surface area (Å²) in [6.07, 6.45) is 3.08. The fraction of sp³-hybridized carbons (Fsp3) is 0.414. The van der Waals surface area contributed by atoms with Crippen LogP contribution in [0.4, 0.5) is 11.4 Å². The molecule has 1 amide bonds. The molecule has 1 aliphatic rings. The van der Waals surface area contributed by atoms with Crippen LogP contribution in [-0.4, -0.2) is 20.0 Å². The Kier molecular flexibility index (Phi) is 5.90. The van der Waals surface area contributed by atoms with Gasteiger partial charge in [0.05, 0.1) is 0 Å². The fourth-order valence-corrected chi connectivity index (χ4v) is 4.78. The number of carbonyl (C=O) groups is 1. The molecule has 0 aliphatic heterocycles. The van der Waals surface area contributed by atoms with Gasteiger partial charge < -0.3 is 14.6 Å². The van der Waals surface area contributed by atoms with Crippen LogP contribution in [0.3, 0.4) is 0 Å². The first-order chi connectivity index (χ1) is 15.5. The van der Waals surface area contributed by atoms with Crippen molar-refractivity contribution in [1.82, 2.24) is 0 Å². The lowest BCUT2D eigenvalue weighted by atomic mass is 9.62. The Balaban J connectivity index is 1.52. The second kappa shape index (κ2) is 8.40. The van der Waals surface area contributed by atoms with Crippen molar-refractivity contribution in [3.05, 3.63) is 82.3 Å². The lowest BCUT2D eigenvalue weighted by molar-refractivity contribution is 0.0995. The summed E-state index contributed by atoms with van der Waals surface area (Å²) >= 11 is 0. The molecule has 0 bridgehead atoms. The van der Waals surface area contributed by atoms with Gasteiger partial charge in [-0.05, 0) is 89.2 Å². The molecule has 3 aromatic rings. The number of benzene rings is 2. The number of hydrogen-bond acceptors (Lipinski definition) is 3. The van der Waals surface area contributed by atoms with Gasteiger partial charge in [0.2, 0.25) is 0 Å². The third-order valence-corrected chi connectivity index (χ3v) is 7.20. The lowest BCUT2D eigenvalue weighted by Gasteiger charge is -2.42. The second-order valence-corrected chi connectivity index (χ2v) is 10.9. The molecule has 0 radical (unpaired) electrons. The van der Waals surface area contributed by atoms with Crippen molar-refractivity contribution in [1.29, 1.82) is 0 Å². The summed E-state index contributed by atoms with van der Waals surface area (Å²) in [6.45, 7) is 11.6. The average molecular weight is 445 g/mol. The monoisotopic (exact) mass is 444 g/mol. The molecule has 0 fully saturated rings. The first-order valence-corrected chi connectivity index (χ1v) is 11.8. The summed E-state index contributed by atoms with van der Waals surface area (Å²) in [5.41, 5.74) is 7.67. The molecule has 33 heavy (non-hydrogen) atoms. The maximum atomic E-state index is 12.7. The Bertz CT molecular complexity index is 1170. The van der Waals surface area contributed by atoms with Crippen molar-refractivity contribution in [2.24, 2.45) is 0 Å². The van der Waals surface area contributed by atoms with Gasteiger partial charge >= 0.3 is 0 Å². The molecule has 1 aliphatic carbocycles. The lowest BCUT2D eigenvalue weighted by Crippen LogP contribution is -2.34. The van der Waals surface area contributed by atoms with E-state index in [9.17, 15) is 4.79 Å². The number of aryl methyl sites for hydroxylation is 1. The van der Waals surface area contributed by atoms with Gasteiger partial charge in [-0.25, -0.2) is 0 Å². The van der Waals surface area contributed by atoms with Gasteiger partial charge in [0, 0.05) is 31.9 Å². The summed E-state index contributed by atoms with van der Waals surface area (Å²) in [5.74, 6) is 0.904. The van der Waals surface area contributed by atoms with E-state index in [1.165, 1.54) is 35.1 Å². The van der Waals surface area contributed by atoms with Crippen LogP contribution in [0.2, 0.25) is 0 Å². The zero-order valence-corrected chi connectivity index (χ0v) is 21.0. The molecule has 1 heterocycles. The third kappa shape index (κ3) is 4.71. The van der Waals surface area contributed by atoms with Crippen molar-refractivity contribution < 1.29 is 9.21 Å². The molecule has 4 rings (SSSR count). The standard InChI is InChI=1S/C29H36N2O2/c1-19-16-24-25(29(4,5)15-14-28(24,2)3)18-20(19)17-23-12-13-26(33-23)27(32)30-21-8-10-22(11-9-21)31(6)7/h8-13,16,18H,14-15,17H2,1-7H3,(H,30,32). The van der Waals surface area contributed by atoms with E-state index in [0.717, 1.165) is 17.1 Å². The average Bonchev–Trinajstić information content (AvgIpc) is 3.22. The van der Waals surface area contributed by atoms with Crippen LogP contribution < -0.4 is 10.2 Å². The van der Waals surface area contributed by atoms with Gasteiger partial charge in [0.25, 0.3) is 5.91 Å². The number of hydrogen-bond donors (Lipinski definition) is 1. The molecule has 0 saturated heterocycles. The quantitative estimate of drug-likeness (QED) is 0.468. The van der Waals surface area contributed by atoms with Gasteiger partial charge in [-0.1, -0.05) is 39.8 Å². The minimum atomic E-state index is -0.233. The highest BCUT2D eigenvalue weighted by Crippen LogP contribution is 2.46. The van der Waals surface area contributed by atoms with Crippen molar-refractivity contribution >= 4 is 17.3 Å². The second-order valence-electron chi connectivity index (χ2n) is 10.9. The summed E-state index contributed by atoms with van der Waals surface area (Å²) in [4.78, 5) is 14.7. The van der Waals surface area contributed by atoms with Crippen molar-refractivity contribution in [2.75, 3.05) is 24.3 Å². The molecule has 0 atom stereocenters. The molecule has 174 valence electrons. The molecule has 4 nitrogen and oxygen atoms in total. The van der Waals surface area contributed by atoms with Crippen LogP contribution in [-0.2, 0) is 17.3 Å². The highest BCUT2D eigenvalue weighted by atomic mass is 16.3. The predicted octanol–water partition coefficient (Wildman–Crippen LogP) is 6.85. The van der Waals surface area contributed by atoms with Crippen LogP contribution in [0.1, 0.15) is 79.1 Å². The maximum Gasteiger partial charge on any atom is 0.291 e. The Morgan fingerprint density at radius 2 is 1.55 bits per heavy atom. The first-order valence-electron chi connectivity index (χ1n) is 11.8. The molecule has 0 spiro atoms. The van der Waals surface area contributed by atoms with Gasteiger partial charge in [-0.2, -0.15) is 0 Å². The minimum Gasteiger partial charge on any atom is -0.456 e. The number of rotatable bonds is 5. The summed E-state index contributed by atoms with van der Waals surface area (Å²) < 4.78 is 5.96. The summed E-state index contributed by atoms with van der Waals surface area (Å²) in [6, 6.07) is 16.2. The smallest absolute Gasteiger partial charge is 0.291 e. The minimum absolute atomic E-state index is 0.170. The molecular weight excluding hydrogens is 408 g/mol. The molecule has 2 aromatic carbocycles. The zero-order valence-electron chi connectivity index (χ0n) is 21.0. The number of anilines is 2.